The molecule has 1 atom stereocenters. The number of anilines is 1. The van der Waals surface area contributed by atoms with Crippen molar-refractivity contribution >= 4 is 21.6 Å². The van der Waals surface area contributed by atoms with E-state index >= 15 is 0 Å². The SMILES string of the molecule is Cc1ccc(S(=O)(=O)N(C)c2cccc(C(=O)NC3CCCc4ccccc43)c2)cc1. The first kappa shape index (κ1) is 21.1. The number of aryl methyl sites for hydroxylation is 2. The van der Waals surface area contributed by atoms with E-state index in [0.29, 0.717) is 11.3 Å². The minimum Gasteiger partial charge on any atom is -0.345 e. The van der Waals surface area contributed by atoms with E-state index in [1.54, 1.807) is 48.5 Å². The van der Waals surface area contributed by atoms with Gasteiger partial charge in [0.2, 0.25) is 0 Å². The third kappa shape index (κ3) is 4.35. The van der Waals surface area contributed by atoms with E-state index in [0.717, 1.165) is 30.4 Å². The second-order valence-electron chi connectivity index (χ2n) is 7.95. The van der Waals surface area contributed by atoms with E-state index < -0.39 is 10.0 Å². The van der Waals surface area contributed by atoms with Crippen molar-refractivity contribution in [1.82, 2.24) is 5.32 Å². The molecule has 3 aromatic carbocycles. The molecular weight excluding hydrogens is 408 g/mol. The number of amides is 1. The third-order valence-corrected chi connectivity index (χ3v) is 7.63. The van der Waals surface area contributed by atoms with Crippen molar-refractivity contribution in [3.8, 4) is 0 Å². The van der Waals surface area contributed by atoms with Crippen molar-refractivity contribution in [2.45, 2.75) is 37.1 Å². The first-order valence-electron chi connectivity index (χ1n) is 10.4. The van der Waals surface area contributed by atoms with Crippen LogP contribution in [-0.2, 0) is 16.4 Å². The van der Waals surface area contributed by atoms with Gasteiger partial charge in [0.1, 0.15) is 0 Å². The Morgan fingerprint density at radius 2 is 1.74 bits per heavy atom. The predicted octanol–water partition coefficient (Wildman–Crippen LogP) is 4.63. The van der Waals surface area contributed by atoms with Gasteiger partial charge in [0.25, 0.3) is 15.9 Å². The highest BCUT2D eigenvalue weighted by Gasteiger charge is 2.24. The maximum Gasteiger partial charge on any atom is 0.264 e. The van der Waals surface area contributed by atoms with E-state index in [1.807, 2.05) is 19.1 Å². The van der Waals surface area contributed by atoms with E-state index in [1.165, 1.54) is 16.9 Å². The number of nitrogens with zero attached hydrogens (tertiary/aromatic N) is 1. The van der Waals surface area contributed by atoms with Crippen LogP contribution in [-0.4, -0.2) is 21.4 Å². The quantitative estimate of drug-likeness (QED) is 0.637. The van der Waals surface area contributed by atoms with E-state index in [4.69, 9.17) is 0 Å². The summed E-state index contributed by atoms with van der Waals surface area (Å²) in [4.78, 5) is 13.2. The number of carbonyl (C=O) groups excluding carboxylic acids is 1. The number of carbonyl (C=O) groups is 1. The average molecular weight is 435 g/mol. The van der Waals surface area contributed by atoms with Crippen LogP contribution < -0.4 is 9.62 Å². The number of hydrogen-bond acceptors (Lipinski definition) is 3. The highest BCUT2D eigenvalue weighted by molar-refractivity contribution is 7.92. The maximum absolute atomic E-state index is 13.0. The minimum absolute atomic E-state index is 0.0323. The average Bonchev–Trinajstić information content (AvgIpc) is 2.79. The number of rotatable bonds is 5. The van der Waals surface area contributed by atoms with Crippen LogP contribution in [0.1, 0.15) is 45.9 Å². The van der Waals surface area contributed by atoms with Crippen LogP contribution in [0.25, 0.3) is 0 Å². The normalized spacial score (nSPS) is 15.7. The molecule has 160 valence electrons. The fourth-order valence-corrected chi connectivity index (χ4v) is 5.18. The second kappa shape index (κ2) is 8.55. The smallest absolute Gasteiger partial charge is 0.264 e. The zero-order chi connectivity index (χ0) is 22.0. The van der Waals surface area contributed by atoms with Crippen molar-refractivity contribution in [3.63, 3.8) is 0 Å². The molecule has 31 heavy (non-hydrogen) atoms. The molecule has 0 aromatic heterocycles. The van der Waals surface area contributed by atoms with Crippen molar-refractivity contribution in [2.24, 2.45) is 0 Å². The first-order valence-corrected chi connectivity index (χ1v) is 11.8. The lowest BCUT2D eigenvalue weighted by molar-refractivity contribution is 0.0932. The summed E-state index contributed by atoms with van der Waals surface area (Å²) in [6.45, 7) is 1.91. The molecule has 1 N–H and O–H groups in total. The summed E-state index contributed by atoms with van der Waals surface area (Å²) in [5, 5.41) is 3.13. The zero-order valence-electron chi connectivity index (χ0n) is 17.7. The molecule has 6 heteroatoms. The molecule has 0 saturated carbocycles. The van der Waals surface area contributed by atoms with Crippen molar-refractivity contribution in [1.29, 1.82) is 0 Å². The van der Waals surface area contributed by atoms with Gasteiger partial charge in [-0.1, -0.05) is 48.0 Å². The van der Waals surface area contributed by atoms with Gasteiger partial charge < -0.3 is 5.32 Å². The van der Waals surface area contributed by atoms with E-state index in [-0.39, 0.29) is 16.8 Å². The largest absolute Gasteiger partial charge is 0.345 e. The van der Waals surface area contributed by atoms with Gasteiger partial charge in [-0.05, 0) is 67.6 Å². The molecule has 0 heterocycles. The van der Waals surface area contributed by atoms with Gasteiger partial charge >= 0.3 is 0 Å². The number of benzene rings is 3. The van der Waals surface area contributed by atoms with Gasteiger partial charge in [-0.15, -0.1) is 0 Å². The molecule has 0 radical (unpaired) electrons. The molecule has 1 unspecified atom stereocenters. The molecule has 4 rings (SSSR count). The van der Waals surface area contributed by atoms with Crippen LogP contribution >= 0.6 is 0 Å². The Balaban J connectivity index is 1.56. The summed E-state index contributed by atoms with van der Waals surface area (Å²) in [5.41, 5.74) is 4.31. The van der Waals surface area contributed by atoms with Gasteiger partial charge in [0.05, 0.1) is 16.6 Å². The Morgan fingerprint density at radius 3 is 2.52 bits per heavy atom. The highest BCUT2D eigenvalue weighted by atomic mass is 32.2. The molecule has 0 spiro atoms. The Morgan fingerprint density at radius 1 is 1.00 bits per heavy atom. The molecule has 0 bridgehead atoms. The van der Waals surface area contributed by atoms with Gasteiger partial charge in [-0.3, -0.25) is 9.10 Å². The molecule has 0 fully saturated rings. The van der Waals surface area contributed by atoms with Gasteiger partial charge in [0.15, 0.2) is 0 Å². The summed E-state index contributed by atoms with van der Waals surface area (Å²) < 4.78 is 27.2. The summed E-state index contributed by atoms with van der Waals surface area (Å²) in [6.07, 6.45) is 2.95. The maximum atomic E-state index is 13.0. The number of nitrogens with one attached hydrogen (secondary N) is 1. The number of fused-ring (bicyclic) bond motifs is 1. The number of sulfonamides is 1. The van der Waals surface area contributed by atoms with E-state index in [9.17, 15) is 13.2 Å². The lowest BCUT2D eigenvalue weighted by atomic mass is 9.87. The Labute approximate surface area is 183 Å². The monoisotopic (exact) mass is 434 g/mol. The highest BCUT2D eigenvalue weighted by Crippen LogP contribution is 2.30. The lowest BCUT2D eigenvalue weighted by Gasteiger charge is -2.26. The Bertz CT molecular complexity index is 1200. The van der Waals surface area contributed by atoms with Crippen LogP contribution in [0.2, 0.25) is 0 Å². The van der Waals surface area contributed by atoms with Crippen molar-refractivity contribution in [2.75, 3.05) is 11.4 Å². The van der Waals surface area contributed by atoms with Crippen LogP contribution in [0, 0.1) is 6.92 Å². The summed E-state index contributed by atoms with van der Waals surface area (Å²) in [7, 11) is -2.21. The molecule has 1 aliphatic carbocycles. The van der Waals surface area contributed by atoms with Crippen molar-refractivity contribution < 1.29 is 13.2 Å². The Hall–Kier alpha value is -3.12. The van der Waals surface area contributed by atoms with E-state index in [2.05, 4.69) is 17.4 Å². The third-order valence-electron chi connectivity index (χ3n) is 5.83. The van der Waals surface area contributed by atoms with Gasteiger partial charge in [-0.25, -0.2) is 8.42 Å². The molecule has 1 aliphatic rings. The van der Waals surface area contributed by atoms with Crippen LogP contribution in [0.4, 0.5) is 5.69 Å². The van der Waals surface area contributed by atoms with Gasteiger partial charge in [0, 0.05) is 12.6 Å². The zero-order valence-corrected chi connectivity index (χ0v) is 18.5. The Kier molecular flexibility index (Phi) is 5.83. The fourth-order valence-electron chi connectivity index (χ4n) is 4.00. The molecule has 0 saturated heterocycles. The first-order chi connectivity index (χ1) is 14.9. The second-order valence-corrected chi connectivity index (χ2v) is 9.92. The standard InChI is InChI=1S/C25H26N2O3S/c1-18-13-15-22(16-14-18)31(29,30)27(2)21-10-5-9-20(17-21)25(28)26-24-12-6-8-19-7-3-4-11-23(19)24/h3-5,7,9-11,13-17,24H,6,8,12H2,1-2H3,(H,26,28). The predicted molar refractivity (Wildman–Crippen MR) is 123 cm³/mol. The molecule has 1 amide bonds. The molecule has 3 aromatic rings. The van der Waals surface area contributed by atoms with Crippen molar-refractivity contribution in [3.05, 3.63) is 95.1 Å². The fraction of sp³-hybridized carbons (Fsp3) is 0.240. The summed E-state index contributed by atoms with van der Waals surface area (Å²) in [6, 6.07) is 21.6. The molecular formula is C25H26N2O3S. The topological polar surface area (TPSA) is 66.5 Å². The molecule has 0 aliphatic heterocycles. The van der Waals surface area contributed by atoms with Crippen LogP contribution in [0.3, 0.4) is 0 Å². The minimum atomic E-state index is -3.72. The van der Waals surface area contributed by atoms with Gasteiger partial charge in [-0.2, -0.15) is 0 Å². The summed E-state index contributed by atoms with van der Waals surface area (Å²) >= 11 is 0. The summed E-state index contributed by atoms with van der Waals surface area (Å²) in [5.74, 6) is -0.204. The molecule has 5 nitrogen and oxygen atoms in total. The lowest BCUT2D eigenvalue weighted by Crippen LogP contribution is -2.31. The van der Waals surface area contributed by atoms with Crippen LogP contribution in [0.5, 0.6) is 0 Å². The van der Waals surface area contributed by atoms with Crippen LogP contribution in [0.15, 0.2) is 77.7 Å². The number of hydrogen-bond donors (Lipinski definition) is 1.